The van der Waals surface area contributed by atoms with Gasteiger partial charge in [0.05, 0.1) is 12.2 Å². The summed E-state index contributed by atoms with van der Waals surface area (Å²) in [7, 11) is 1.90. The molecule has 2 amide bonds. The molecular formula is C21H23N5O3. The number of benzene rings is 1. The highest BCUT2D eigenvalue weighted by Gasteiger charge is 2.28. The second-order valence-corrected chi connectivity index (χ2v) is 7.17. The van der Waals surface area contributed by atoms with Gasteiger partial charge in [-0.3, -0.25) is 9.59 Å². The summed E-state index contributed by atoms with van der Waals surface area (Å²) in [6.45, 7) is 1.34. The molecule has 29 heavy (non-hydrogen) atoms. The molecule has 0 bridgehead atoms. The molecule has 2 aromatic heterocycles. The highest BCUT2D eigenvalue weighted by molar-refractivity contribution is 5.94. The molecule has 0 spiro atoms. The Morgan fingerprint density at radius 3 is 2.59 bits per heavy atom. The molecule has 0 aliphatic carbocycles. The summed E-state index contributed by atoms with van der Waals surface area (Å²) in [6, 6.07) is 13.0. The zero-order valence-electron chi connectivity index (χ0n) is 16.2. The van der Waals surface area contributed by atoms with Crippen LogP contribution in [-0.2, 0) is 18.4 Å². The van der Waals surface area contributed by atoms with Crippen LogP contribution in [0.2, 0.25) is 0 Å². The average molecular weight is 393 g/mol. The Morgan fingerprint density at radius 2 is 1.90 bits per heavy atom. The number of nitrogens with zero attached hydrogens (tertiary/aromatic N) is 4. The summed E-state index contributed by atoms with van der Waals surface area (Å²) >= 11 is 0. The van der Waals surface area contributed by atoms with E-state index in [9.17, 15) is 9.59 Å². The van der Waals surface area contributed by atoms with Crippen molar-refractivity contribution >= 4 is 11.8 Å². The van der Waals surface area contributed by atoms with Crippen LogP contribution in [0.4, 0.5) is 0 Å². The molecule has 0 atom stereocenters. The summed E-state index contributed by atoms with van der Waals surface area (Å²) in [5.41, 5.74) is 1.53. The van der Waals surface area contributed by atoms with E-state index in [0.717, 1.165) is 5.69 Å². The summed E-state index contributed by atoms with van der Waals surface area (Å²) in [6.07, 6.45) is 3.19. The summed E-state index contributed by atoms with van der Waals surface area (Å²) in [4.78, 5) is 31.1. The summed E-state index contributed by atoms with van der Waals surface area (Å²) < 4.78 is 7.14. The molecule has 3 heterocycles. The van der Waals surface area contributed by atoms with E-state index in [1.807, 2.05) is 65.2 Å². The normalized spacial score (nSPS) is 14.7. The molecule has 1 aliphatic rings. The van der Waals surface area contributed by atoms with E-state index in [1.54, 1.807) is 0 Å². The zero-order chi connectivity index (χ0) is 20.2. The minimum Gasteiger partial charge on any atom is -0.348 e. The van der Waals surface area contributed by atoms with E-state index >= 15 is 0 Å². The van der Waals surface area contributed by atoms with E-state index < -0.39 is 0 Å². The lowest BCUT2D eigenvalue weighted by Crippen LogP contribution is -2.42. The first-order valence-electron chi connectivity index (χ1n) is 9.68. The quantitative estimate of drug-likeness (QED) is 0.718. The number of hydrogen-bond acceptors (Lipinski definition) is 5. The number of likely N-dealkylation sites (tertiary alicyclic amines) is 1. The van der Waals surface area contributed by atoms with E-state index in [0.29, 0.717) is 43.2 Å². The van der Waals surface area contributed by atoms with Crippen LogP contribution < -0.4 is 5.32 Å². The molecule has 4 rings (SSSR count). The van der Waals surface area contributed by atoms with Crippen LogP contribution in [-0.4, -0.2) is 44.5 Å². The smallest absolute Gasteiger partial charge is 0.253 e. The Labute approximate surface area is 168 Å². The van der Waals surface area contributed by atoms with Crippen LogP contribution in [0.5, 0.6) is 0 Å². The molecule has 1 aliphatic heterocycles. The van der Waals surface area contributed by atoms with Crippen molar-refractivity contribution in [3.05, 3.63) is 60.1 Å². The lowest BCUT2D eigenvalue weighted by Gasteiger charge is -2.31. The molecular weight excluding hydrogens is 370 g/mol. The number of aromatic nitrogens is 3. The lowest BCUT2D eigenvalue weighted by atomic mass is 9.95. The number of amides is 2. The van der Waals surface area contributed by atoms with Crippen LogP contribution in [0.3, 0.4) is 0 Å². The molecule has 0 saturated carbocycles. The van der Waals surface area contributed by atoms with Gasteiger partial charge in [-0.25, -0.2) is 0 Å². The number of piperidine rings is 1. The first kappa shape index (κ1) is 18.9. The minimum absolute atomic E-state index is 0.0172. The van der Waals surface area contributed by atoms with Gasteiger partial charge in [-0.2, -0.15) is 4.98 Å². The Kier molecular flexibility index (Phi) is 5.41. The predicted octanol–water partition coefficient (Wildman–Crippen LogP) is 2.24. The van der Waals surface area contributed by atoms with Gasteiger partial charge in [-0.15, -0.1) is 0 Å². The molecule has 150 valence electrons. The maximum Gasteiger partial charge on any atom is 0.253 e. The largest absolute Gasteiger partial charge is 0.348 e. The van der Waals surface area contributed by atoms with Gasteiger partial charge in [0.15, 0.2) is 0 Å². The van der Waals surface area contributed by atoms with Crippen LogP contribution in [0.25, 0.3) is 11.5 Å². The van der Waals surface area contributed by atoms with Crippen LogP contribution >= 0.6 is 0 Å². The van der Waals surface area contributed by atoms with E-state index in [1.165, 1.54) is 0 Å². The number of aryl methyl sites for hydroxylation is 1. The monoisotopic (exact) mass is 393 g/mol. The standard InChI is InChI=1S/C21H23N5O3/c1-25-11-5-8-17(25)19-23-18(29-24-19)14-22-20(27)15-9-12-26(13-10-15)21(28)16-6-3-2-4-7-16/h2-8,11,15H,9-10,12-14H2,1H3,(H,22,27). The second-order valence-electron chi connectivity index (χ2n) is 7.17. The van der Waals surface area contributed by atoms with Gasteiger partial charge in [0.2, 0.25) is 17.6 Å². The Hall–Kier alpha value is -3.42. The van der Waals surface area contributed by atoms with Crippen molar-refractivity contribution in [2.24, 2.45) is 13.0 Å². The van der Waals surface area contributed by atoms with E-state index in [-0.39, 0.29) is 24.3 Å². The molecule has 0 unspecified atom stereocenters. The van der Waals surface area contributed by atoms with Crippen LogP contribution in [0, 0.1) is 5.92 Å². The number of hydrogen-bond donors (Lipinski definition) is 1. The van der Waals surface area contributed by atoms with Gasteiger partial charge in [0.25, 0.3) is 5.91 Å². The van der Waals surface area contributed by atoms with Gasteiger partial charge in [-0.05, 0) is 37.1 Å². The number of carbonyl (C=O) groups excluding carboxylic acids is 2. The van der Waals surface area contributed by atoms with Crippen molar-refractivity contribution in [2.75, 3.05) is 13.1 Å². The molecule has 1 aromatic carbocycles. The Balaban J connectivity index is 1.27. The van der Waals surface area contributed by atoms with Crippen molar-refractivity contribution in [3.8, 4) is 11.5 Å². The fourth-order valence-corrected chi connectivity index (χ4v) is 3.54. The first-order chi connectivity index (χ1) is 14.1. The molecule has 1 saturated heterocycles. The minimum atomic E-state index is -0.120. The topological polar surface area (TPSA) is 93.3 Å². The molecule has 3 aromatic rings. The maximum atomic E-state index is 12.5. The highest BCUT2D eigenvalue weighted by Crippen LogP contribution is 2.20. The van der Waals surface area contributed by atoms with Crippen molar-refractivity contribution in [2.45, 2.75) is 19.4 Å². The lowest BCUT2D eigenvalue weighted by molar-refractivity contribution is -0.126. The van der Waals surface area contributed by atoms with E-state index in [4.69, 9.17) is 4.52 Å². The number of nitrogens with one attached hydrogen (secondary N) is 1. The average Bonchev–Trinajstić information content (AvgIpc) is 3.41. The molecule has 8 nitrogen and oxygen atoms in total. The van der Waals surface area contributed by atoms with Crippen LogP contribution in [0.15, 0.2) is 53.2 Å². The maximum absolute atomic E-state index is 12.5. The SMILES string of the molecule is Cn1cccc1-c1noc(CNC(=O)C2CCN(C(=O)c3ccccc3)CC2)n1. The third kappa shape index (κ3) is 4.21. The van der Waals surface area contributed by atoms with Crippen LogP contribution in [0.1, 0.15) is 29.1 Å². The van der Waals surface area contributed by atoms with E-state index in [2.05, 4.69) is 15.5 Å². The summed E-state index contributed by atoms with van der Waals surface area (Å²) in [5.74, 6) is 0.713. The number of rotatable bonds is 5. The molecule has 8 heteroatoms. The van der Waals surface area contributed by atoms with Gasteiger partial charge >= 0.3 is 0 Å². The summed E-state index contributed by atoms with van der Waals surface area (Å²) in [5, 5.41) is 6.84. The van der Waals surface area contributed by atoms with Crippen molar-refractivity contribution in [3.63, 3.8) is 0 Å². The van der Waals surface area contributed by atoms with Crippen molar-refractivity contribution in [1.29, 1.82) is 0 Å². The Morgan fingerprint density at radius 1 is 1.14 bits per heavy atom. The van der Waals surface area contributed by atoms with Crippen molar-refractivity contribution < 1.29 is 14.1 Å². The third-order valence-corrected chi connectivity index (χ3v) is 5.23. The Bertz CT molecular complexity index is 987. The fraction of sp³-hybridized carbons (Fsp3) is 0.333. The van der Waals surface area contributed by atoms with Gasteiger partial charge in [0, 0.05) is 37.8 Å². The molecule has 1 fully saturated rings. The molecule has 0 radical (unpaired) electrons. The van der Waals surface area contributed by atoms with Gasteiger partial charge in [0.1, 0.15) is 0 Å². The second kappa shape index (κ2) is 8.30. The van der Waals surface area contributed by atoms with Gasteiger partial charge < -0.3 is 19.3 Å². The highest BCUT2D eigenvalue weighted by atomic mass is 16.5. The van der Waals surface area contributed by atoms with Gasteiger partial charge in [-0.1, -0.05) is 23.4 Å². The molecule has 1 N–H and O–H groups in total. The number of carbonyl (C=O) groups is 2. The zero-order valence-corrected chi connectivity index (χ0v) is 16.2. The third-order valence-electron chi connectivity index (χ3n) is 5.23. The fourth-order valence-electron chi connectivity index (χ4n) is 3.54. The predicted molar refractivity (Wildman–Crippen MR) is 106 cm³/mol. The van der Waals surface area contributed by atoms with Crippen molar-refractivity contribution in [1.82, 2.24) is 24.9 Å². The first-order valence-corrected chi connectivity index (χ1v) is 9.68.